The molecule has 0 aromatic heterocycles. The maximum absolute atomic E-state index is 10.1. The first-order valence-corrected chi connectivity index (χ1v) is 13.7. The zero-order valence-electron chi connectivity index (χ0n) is 23.4. The molecule has 0 spiro atoms. The lowest BCUT2D eigenvalue weighted by Crippen LogP contribution is -1.93. The summed E-state index contributed by atoms with van der Waals surface area (Å²) >= 11 is 0. The highest BCUT2D eigenvalue weighted by molar-refractivity contribution is 5.95. The number of anilines is 2. The maximum atomic E-state index is 10.1. The van der Waals surface area contributed by atoms with E-state index in [9.17, 15) is 10.2 Å². The van der Waals surface area contributed by atoms with E-state index < -0.39 is 0 Å². The van der Waals surface area contributed by atoms with Crippen LogP contribution in [0.2, 0.25) is 0 Å². The van der Waals surface area contributed by atoms with Gasteiger partial charge in [0, 0.05) is 45.2 Å². The van der Waals surface area contributed by atoms with E-state index in [4.69, 9.17) is 20.9 Å². The Hall–Kier alpha value is -6.50. The summed E-state index contributed by atoms with van der Waals surface area (Å²) in [6, 6.07) is 36.2. The Morgan fingerprint density at radius 2 is 0.841 bits per heavy atom. The number of nitrogen functional groups attached to an aromatic ring is 2. The van der Waals surface area contributed by atoms with Crippen LogP contribution in [0.15, 0.2) is 121 Å². The summed E-state index contributed by atoms with van der Waals surface area (Å²) in [5.74, 6) is 14.8. The lowest BCUT2D eigenvalue weighted by Gasteiger charge is -2.13. The fourth-order valence-corrected chi connectivity index (χ4v) is 4.50. The smallest absolute Gasteiger partial charge is 0.142 e. The van der Waals surface area contributed by atoms with Gasteiger partial charge in [-0.2, -0.15) is 0 Å². The molecule has 0 saturated heterocycles. The van der Waals surface area contributed by atoms with Crippen molar-refractivity contribution in [1.29, 1.82) is 0 Å². The molecule has 0 aliphatic heterocycles. The molecule has 0 unspecified atom stereocenters. The zero-order chi connectivity index (χ0) is 30.5. The van der Waals surface area contributed by atoms with Crippen LogP contribution in [0.1, 0.15) is 22.3 Å². The maximum Gasteiger partial charge on any atom is 0.142 e. The van der Waals surface area contributed by atoms with Crippen LogP contribution in [0.4, 0.5) is 11.4 Å². The van der Waals surface area contributed by atoms with Gasteiger partial charge in [0.2, 0.25) is 0 Å². The normalized spacial score (nSPS) is 10.3. The molecule has 0 bridgehead atoms. The third-order valence-corrected chi connectivity index (χ3v) is 6.72. The molecule has 6 aromatic carbocycles. The van der Waals surface area contributed by atoms with Crippen LogP contribution in [0.3, 0.4) is 0 Å². The molecule has 6 aromatic rings. The molecule has 6 heteroatoms. The molecule has 0 radical (unpaired) electrons. The minimum Gasteiger partial charge on any atom is -0.506 e. The Kier molecular flexibility index (Phi) is 7.65. The number of phenolic OH excluding ortho intramolecular Hbond substituents is 2. The second-order valence-electron chi connectivity index (χ2n) is 9.91. The standard InChI is InChI=1S/C38H26N2O4/c39-35-17-15-29(23-37(35)41)43-31-19-27(13-11-25-7-3-1-4-8-25)33-21-32(44-30-16-18-36(40)38(42)24-30)20-28(34(33)22-31)14-12-26-9-5-2-6-10-26/h1-10,15-24,41-42H,39-40H2. The van der Waals surface area contributed by atoms with Gasteiger partial charge < -0.3 is 31.2 Å². The quantitative estimate of drug-likeness (QED) is 0.0971. The van der Waals surface area contributed by atoms with Crippen LogP contribution in [0.25, 0.3) is 10.8 Å². The van der Waals surface area contributed by atoms with E-state index >= 15 is 0 Å². The molecule has 6 N–H and O–H groups in total. The van der Waals surface area contributed by atoms with E-state index in [1.165, 1.54) is 12.1 Å². The molecule has 0 fully saturated rings. The largest absolute Gasteiger partial charge is 0.506 e. The molecule has 0 amide bonds. The SMILES string of the molecule is Nc1ccc(Oc2cc(C#Cc3ccccc3)c3cc(Oc4ccc(N)c(O)c4)cc(C#Cc4ccccc4)c3c2)cc1O. The van der Waals surface area contributed by atoms with Crippen molar-refractivity contribution in [3.8, 4) is 58.2 Å². The average Bonchev–Trinajstić information content (AvgIpc) is 3.03. The molecule has 6 nitrogen and oxygen atoms in total. The van der Waals surface area contributed by atoms with Gasteiger partial charge in [0.1, 0.15) is 34.5 Å². The zero-order valence-corrected chi connectivity index (χ0v) is 23.4. The van der Waals surface area contributed by atoms with Crippen molar-refractivity contribution in [3.05, 3.63) is 144 Å². The Balaban J connectivity index is 1.54. The molecular weight excluding hydrogens is 548 g/mol. The molecule has 6 rings (SSSR count). The van der Waals surface area contributed by atoms with E-state index in [1.54, 1.807) is 24.3 Å². The first-order chi connectivity index (χ1) is 21.4. The third-order valence-electron chi connectivity index (χ3n) is 6.72. The van der Waals surface area contributed by atoms with E-state index in [2.05, 4.69) is 23.7 Å². The topological polar surface area (TPSA) is 111 Å². The molecular formula is C38H26N2O4. The average molecular weight is 575 g/mol. The summed E-state index contributed by atoms with van der Waals surface area (Å²) in [7, 11) is 0. The minimum atomic E-state index is -0.0719. The highest BCUT2D eigenvalue weighted by Crippen LogP contribution is 2.37. The van der Waals surface area contributed by atoms with E-state index in [0.29, 0.717) is 34.1 Å². The number of nitrogens with two attached hydrogens (primary N) is 2. The number of ether oxygens (including phenoxy) is 2. The molecule has 0 heterocycles. The number of phenols is 2. The van der Waals surface area contributed by atoms with Gasteiger partial charge in [-0.1, -0.05) is 60.1 Å². The Bertz CT molecular complexity index is 1970. The van der Waals surface area contributed by atoms with Gasteiger partial charge >= 0.3 is 0 Å². The molecule has 0 aliphatic rings. The minimum absolute atomic E-state index is 0.0719. The third kappa shape index (κ3) is 6.36. The predicted octanol–water partition coefficient (Wildman–Crippen LogP) is 7.80. The van der Waals surface area contributed by atoms with Crippen molar-refractivity contribution in [3.63, 3.8) is 0 Å². The fraction of sp³-hybridized carbons (Fsp3) is 0. The summed E-state index contributed by atoms with van der Waals surface area (Å²) in [6.45, 7) is 0. The summed E-state index contributed by atoms with van der Waals surface area (Å²) in [5, 5.41) is 21.9. The number of hydrogen-bond acceptors (Lipinski definition) is 6. The first-order valence-electron chi connectivity index (χ1n) is 13.7. The second-order valence-corrected chi connectivity index (χ2v) is 9.91. The monoisotopic (exact) mass is 574 g/mol. The van der Waals surface area contributed by atoms with E-state index in [0.717, 1.165) is 21.9 Å². The number of aromatic hydroxyl groups is 2. The van der Waals surface area contributed by atoms with E-state index in [-0.39, 0.29) is 22.9 Å². The second kappa shape index (κ2) is 12.2. The Labute approximate surface area is 254 Å². The van der Waals surface area contributed by atoms with Gasteiger partial charge in [-0.15, -0.1) is 0 Å². The van der Waals surface area contributed by atoms with Crippen molar-refractivity contribution in [1.82, 2.24) is 0 Å². The van der Waals surface area contributed by atoms with Crippen LogP contribution < -0.4 is 20.9 Å². The predicted molar refractivity (Wildman–Crippen MR) is 174 cm³/mol. The Morgan fingerprint density at radius 3 is 1.23 bits per heavy atom. The van der Waals surface area contributed by atoms with Crippen LogP contribution in [0.5, 0.6) is 34.5 Å². The molecule has 0 aliphatic carbocycles. The highest BCUT2D eigenvalue weighted by atomic mass is 16.5. The van der Waals surface area contributed by atoms with Crippen LogP contribution >= 0.6 is 0 Å². The van der Waals surface area contributed by atoms with Gasteiger partial charge in [-0.25, -0.2) is 0 Å². The van der Waals surface area contributed by atoms with Crippen LogP contribution in [-0.2, 0) is 0 Å². The number of benzene rings is 6. The van der Waals surface area contributed by atoms with Crippen molar-refractivity contribution >= 4 is 22.1 Å². The van der Waals surface area contributed by atoms with Crippen molar-refractivity contribution in [2.45, 2.75) is 0 Å². The van der Waals surface area contributed by atoms with Gasteiger partial charge in [0.05, 0.1) is 11.4 Å². The number of rotatable bonds is 4. The van der Waals surface area contributed by atoms with E-state index in [1.807, 2.05) is 84.9 Å². The molecule has 0 atom stereocenters. The van der Waals surface area contributed by atoms with Crippen molar-refractivity contribution in [2.24, 2.45) is 0 Å². The lowest BCUT2D eigenvalue weighted by atomic mass is 9.98. The van der Waals surface area contributed by atoms with Crippen LogP contribution in [0, 0.1) is 23.7 Å². The molecule has 44 heavy (non-hydrogen) atoms. The highest BCUT2D eigenvalue weighted by Gasteiger charge is 2.13. The number of fused-ring (bicyclic) bond motifs is 1. The first kappa shape index (κ1) is 27.7. The van der Waals surface area contributed by atoms with Gasteiger partial charge in [0.25, 0.3) is 0 Å². The van der Waals surface area contributed by atoms with Crippen molar-refractivity contribution < 1.29 is 19.7 Å². The van der Waals surface area contributed by atoms with Crippen molar-refractivity contribution in [2.75, 3.05) is 11.5 Å². The Morgan fingerprint density at radius 1 is 0.432 bits per heavy atom. The summed E-state index contributed by atoms with van der Waals surface area (Å²) < 4.78 is 12.4. The van der Waals surface area contributed by atoms with Crippen LogP contribution in [-0.4, -0.2) is 10.2 Å². The molecule has 0 saturated carbocycles. The summed E-state index contributed by atoms with van der Waals surface area (Å²) in [5.41, 5.74) is 15.1. The van der Waals surface area contributed by atoms with Gasteiger partial charge in [-0.3, -0.25) is 0 Å². The summed E-state index contributed by atoms with van der Waals surface area (Å²) in [4.78, 5) is 0. The fourth-order valence-electron chi connectivity index (χ4n) is 4.50. The lowest BCUT2D eigenvalue weighted by molar-refractivity contribution is 0.456. The van der Waals surface area contributed by atoms with Gasteiger partial charge in [-0.05, 0) is 72.8 Å². The number of hydrogen-bond donors (Lipinski definition) is 4. The summed E-state index contributed by atoms with van der Waals surface area (Å²) in [6.07, 6.45) is 0. The molecule has 212 valence electrons. The van der Waals surface area contributed by atoms with Gasteiger partial charge in [0.15, 0.2) is 0 Å².